The molecule has 1 saturated heterocycles. The van der Waals surface area contributed by atoms with Crippen LogP contribution >= 0.6 is 12.4 Å². The van der Waals surface area contributed by atoms with Gasteiger partial charge in [-0.1, -0.05) is 13.3 Å². The number of Topliss-reactive ketones (excluding diaryl/α,β-unsaturated/α-hetero) is 1. The number of nitrogens with zero attached hydrogens (tertiary/aromatic N) is 1. The highest BCUT2D eigenvalue weighted by Crippen LogP contribution is 2.27. The van der Waals surface area contributed by atoms with Crippen LogP contribution < -0.4 is 0 Å². The quantitative estimate of drug-likeness (QED) is 0.648. The molecule has 1 unspecified atom stereocenters. The van der Waals surface area contributed by atoms with E-state index < -0.39 is 0 Å². The number of phenolic OH excluding ortho intramolecular Hbond substituents is 2. The molecule has 1 heterocycles. The van der Waals surface area contributed by atoms with Crippen molar-refractivity contribution in [3.63, 3.8) is 0 Å². The normalized spacial score (nSPS) is 16.6. The van der Waals surface area contributed by atoms with Crippen LogP contribution in [-0.2, 0) is 0 Å². The van der Waals surface area contributed by atoms with Gasteiger partial charge in [0.15, 0.2) is 17.3 Å². The van der Waals surface area contributed by atoms with E-state index in [1.165, 1.54) is 12.1 Å². The van der Waals surface area contributed by atoms with Gasteiger partial charge in [0.2, 0.25) is 0 Å². The third kappa shape index (κ3) is 3.64. The molecule has 1 aliphatic rings. The van der Waals surface area contributed by atoms with E-state index in [4.69, 9.17) is 0 Å². The predicted octanol–water partition coefficient (Wildman–Crippen LogP) is 2.97. The second-order valence-corrected chi connectivity index (χ2v) is 5.12. The molecule has 0 saturated carbocycles. The summed E-state index contributed by atoms with van der Waals surface area (Å²) in [6.07, 6.45) is 4.08. The first-order chi connectivity index (χ1) is 9.13. The molecule has 5 heteroatoms. The monoisotopic (exact) mass is 299 g/mol. The minimum Gasteiger partial charge on any atom is -0.504 e. The average Bonchev–Trinajstić information content (AvgIpc) is 2.92. The Morgan fingerprint density at radius 1 is 1.25 bits per heavy atom. The summed E-state index contributed by atoms with van der Waals surface area (Å²) in [4.78, 5) is 14.8. The van der Waals surface area contributed by atoms with E-state index in [9.17, 15) is 15.0 Å². The maximum absolute atomic E-state index is 12.6. The lowest BCUT2D eigenvalue weighted by Gasteiger charge is -2.26. The summed E-state index contributed by atoms with van der Waals surface area (Å²) in [6.45, 7) is 4.02. The zero-order chi connectivity index (χ0) is 13.8. The van der Waals surface area contributed by atoms with Gasteiger partial charge in [0, 0.05) is 5.56 Å². The topological polar surface area (TPSA) is 60.8 Å². The lowest BCUT2D eigenvalue weighted by Crippen LogP contribution is -2.39. The second-order valence-electron chi connectivity index (χ2n) is 5.12. The van der Waals surface area contributed by atoms with Crippen molar-refractivity contribution in [2.45, 2.75) is 38.6 Å². The summed E-state index contributed by atoms with van der Waals surface area (Å²) in [5.74, 6) is -0.383. The molecule has 0 amide bonds. The van der Waals surface area contributed by atoms with Crippen LogP contribution in [0.3, 0.4) is 0 Å². The fraction of sp³-hybridized carbons (Fsp3) is 0.533. The van der Waals surface area contributed by atoms with Crippen LogP contribution in [0.5, 0.6) is 11.5 Å². The number of hydrogen-bond acceptors (Lipinski definition) is 4. The second kappa shape index (κ2) is 7.50. The first kappa shape index (κ1) is 16.8. The van der Waals surface area contributed by atoms with Gasteiger partial charge in [-0.05, 0) is 50.6 Å². The molecule has 0 aliphatic carbocycles. The smallest absolute Gasteiger partial charge is 0.180 e. The van der Waals surface area contributed by atoms with E-state index in [1.807, 2.05) is 0 Å². The minimum absolute atomic E-state index is 0. The maximum Gasteiger partial charge on any atom is 0.180 e. The number of phenols is 2. The minimum atomic E-state index is -0.234. The van der Waals surface area contributed by atoms with E-state index in [0.717, 1.165) is 38.8 Å². The average molecular weight is 300 g/mol. The van der Waals surface area contributed by atoms with E-state index in [0.29, 0.717) is 5.56 Å². The number of hydrogen-bond donors (Lipinski definition) is 2. The van der Waals surface area contributed by atoms with Gasteiger partial charge < -0.3 is 10.2 Å². The van der Waals surface area contributed by atoms with Crippen molar-refractivity contribution in [3.8, 4) is 11.5 Å². The van der Waals surface area contributed by atoms with E-state index in [-0.39, 0.29) is 35.7 Å². The number of rotatable bonds is 5. The van der Waals surface area contributed by atoms with Crippen LogP contribution in [0.25, 0.3) is 0 Å². The number of carbonyl (C=O) groups excluding carboxylic acids is 1. The summed E-state index contributed by atoms with van der Waals surface area (Å²) >= 11 is 0. The van der Waals surface area contributed by atoms with Crippen molar-refractivity contribution in [2.24, 2.45) is 0 Å². The molecule has 0 aromatic heterocycles. The zero-order valence-electron chi connectivity index (χ0n) is 11.7. The maximum atomic E-state index is 12.6. The molecule has 20 heavy (non-hydrogen) atoms. The highest BCUT2D eigenvalue weighted by atomic mass is 35.5. The van der Waals surface area contributed by atoms with Gasteiger partial charge in [-0.3, -0.25) is 9.69 Å². The molecule has 112 valence electrons. The third-order valence-corrected chi connectivity index (χ3v) is 3.71. The molecular formula is C15H22ClNO3. The molecule has 2 rings (SSSR count). The van der Waals surface area contributed by atoms with Crippen molar-refractivity contribution < 1.29 is 15.0 Å². The largest absolute Gasteiger partial charge is 0.504 e. The molecule has 0 bridgehead atoms. The van der Waals surface area contributed by atoms with E-state index in [2.05, 4.69) is 11.8 Å². The number of ketones is 1. The number of aromatic hydroxyl groups is 2. The fourth-order valence-electron chi connectivity index (χ4n) is 2.68. The van der Waals surface area contributed by atoms with Gasteiger partial charge in [0.25, 0.3) is 0 Å². The van der Waals surface area contributed by atoms with Crippen LogP contribution in [0.15, 0.2) is 18.2 Å². The third-order valence-electron chi connectivity index (χ3n) is 3.71. The Hall–Kier alpha value is -1.26. The fourth-order valence-corrected chi connectivity index (χ4v) is 2.68. The van der Waals surface area contributed by atoms with Crippen LogP contribution in [0.4, 0.5) is 0 Å². The molecule has 1 fully saturated rings. The standard InChI is InChI=1S/C15H21NO3.ClH/c1-2-5-12(16-8-3-4-9-16)15(19)11-6-7-13(17)14(18)10-11;/h6-7,10,12,17-18H,2-5,8-9H2,1H3;1H. The van der Waals surface area contributed by atoms with Gasteiger partial charge in [0.1, 0.15) is 0 Å². The van der Waals surface area contributed by atoms with Crippen molar-refractivity contribution in [3.05, 3.63) is 23.8 Å². The first-order valence-electron chi connectivity index (χ1n) is 6.93. The van der Waals surface area contributed by atoms with Crippen molar-refractivity contribution in [1.29, 1.82) is 0 Å². The molecule has 0 radical (unpaired) electrons. The molecule has 0 spiro atoms. The number of halogens is 1. The summed E-state index contributed by atoms with van der Waals surface area (Å²) < 4.78 is 0. The summed E-state index contributed by atoms with van der Waals surface area (Å²) in [5, 5.41) is 18.8. The first-order valence-corrected chi connectivity index (χ1v) is 6.93. The van der Waals surface area contributed by atoms with Gasteiger partial charge in [-0.15, -0.1) is 12.4 Å². The molecule has 2 N–H and O–H groups in total. The molecule has 1 atom stereocenters. The lowest BCUT2D eigenvalue weighted by atomic mass is 9.99. The lowest BCUT2D eigenvalue weighted by molar-refractivity contribution is 0.0836. The zero-order valence-corrected chi connectivity index (χ0v) is 12.5. The molecule has 1 aromatic carbocycles. The Morgan fingerprint density at radius 3 is 2.45 bits per heavy atom. The Balaban J connectivity index is 0.00000200. The molecular weight excluding hydrogens is 278 g/mol. The Bertz CT molecular complexity index is 458. The number of likely N-dealkylation sites (tertiary alicyclic amines) is 1. The SMILES string of the molecule is CCCC(C(=O)c1ccc(O)c(O)c1)N1CCCC1.Cl. The van der Waals surface area contributed by atoms with Gasteiger partial charge in [-0.25, -0.2) is 0 Å². The predicted molar refractivity (Wildman–Crippen MR) is 80.9 cm³/mol. The Morgan fingerprint density at radius 2 is 1.90 bits per heavy atom. The van der Waals surface area contributed by atoms with E-state index in [1.54, 1.807) is 6.07 Å². The molecule has 1 aromatic rings. The van der Waals surface area contributed by atoms with Gasteiger partial charge >= 0.3 is 0 Å². The van der Waals surface area contributed by atoms with Crippen LogP contribution in [0.1, 0.15) is 43.0 Å². The number of benzene rings is 1. The summed E-state index contributed by atoms with van der Waals surface area (Å²) in [6, 6.07) is 4.21. The van der Waals surface area contributed by atoms with Crippen molar-refractivity contribution in [2.75, 3.05) is 13.1 Å². The Labute approximate surface area is 125 Å². The van der Waals surface area contributed by atoms with Crippen LogP contribution in [-0.4, -0.2) is 40.0 Å². The van der Waals surface area contributed by atoms with Crippen molar-refractivity contribution in [1.82, 2.24) is 4.90 Å². The van der Waals surface area contributed by atoms with Crippen LogP contribution in [0.2, 0.25) is 0 Å². The van der Waals surface area contributed by atoms with E-state index >= 15 is 0 Å². The number of carbonyl (C=O) groups is 1. The van der Waals surface area contributed by atoms with Crippen molar-refractivity contribution >= 4 is 18.2 Å². The summed E-state index contributed by atoms with van der Waals surface area (Å²) in [5.41, 5.74) is 0.473. The van der Waals surface area contributed by atoms with Crippen LogP contribution in [0, 0.1) is 0 Å². The molecule has 4 nitrogen and oxygen atoms in total. The Kier molecular flexibility index (Phi) is 6.30. The highest BCUT2D eigenvalue weighted by Gasteiger charge is 2.28. The molecule has 1 aliphatic heterocycles. The van der Waals surface area contributed by atoms with Gasteiger partial charge in [-0.2, -0.15) is 0 Å². The highest BCUT2D eigenvalue weighted by molar-refractivity contribution is 6.00. The van der Waals surface area contributed by atoms with Gasteiger partial charge in [0.05, 0.1) is 6.04 Å². The summed E-state index contributed by atoms with van der Waals surface area (Å²) in [7, 11) is 0.